The summed E-state index contributed by atoms with van der Waals surface area (Å²) in [4.78, 5) is 27.4. The first-order valence-corrected chi connectivity index (χ1v) is 13.0. The van der Waals surface area contributed by atoms with Crippen molar-refractivity contribution in [3.63, 3.8) is 0 Å². The van der Waals surface area contributed by atoms with Gasteiger partial charge in [-0.05, 0) is 66.4 Å². The molecule has 0 bridgehead atoms. The van der Waals surface area contributed by atoms with Gasteiger partial charge in [0.05, 0.1) is 24.8 Å². The van der Waals surface area contributed by atoms with E-state index in [1.807, 2.05) is 31.2 Å². The number of hydrogen-bond donors (Lipinski definition) is 4. The highest BCUT2D eigenvalue weighted by Crippen LogP contribution is 2.21. The molecule has 0 heterocycles. The lowest BCUT2D eigenvalue weighted by Crippen LogP contribution is -2.48. The van der Waals surface area contributed by atoms with Crippen molar-refractivity contribution in [2.75, 3.05) is 27.2 Å². The summed E-state index contributed by atoms with van der Waals surface area (Å²) in [6, 6.07) is 13.4. The van der Waals surface area contributed by atoms with Gasteiger partial charge in [0.2, 0.25) is 0 Å². The number of rotatable bonds is 13. The Morgan fingerprint density at radius 2 is 1.75 bits per heavy atom. The summed E-state index contributed by atoms with van der Waals surface area (Å²) in [6.07, 6.45) is -0.490. The summed E-state index contributed by atoms with van der Waals surface area (Å²) in [6.45, 7) is 2.84. The van der Waals surface area contributed by atoms with Crippen LogP contribution in [0.3, 0.4) is 0 Å². The standard InChI is InChI=1S/C30H35F2N3O5/c1-4-10-35(2)30(39)25-15-21(8-9-27(25)36)29(38)34-26(14-20-11-22(31)16-23(32)12-20)28(37)18-33-17-19-6-5-7-24(13-19)40-3/h5-9,11-13,15-16,26,28,33,36-37H,4,10,14,17-18H2,1-3H3,(H,34,38)/t26-,28+/m0/s1. The summed E-state index contributed by atoms with van der Waals surface area (Å²) in [5.74, 6) is -2.19. The van der Waals surface area contributed by atoms with Gasteiger partial charge in [0.1, 0.15) is 23.1 Å². The lowest BCUT2D eigenvalue weighted by molar-refractivity contribution is 0.0792. The van der Waals surface area contributed by atoms with E-state index in [1.165, 1.54) is 23.1 Å². The average molecular weight is 556 g/mol. The highest BCUT2D eigenvalue weighted by Gasteiger charge is 2.24. The second kappa shape index (κ2) is 14.4. The number of carbonyl (C=O) groups excluding carboxylic acids is 2. The number of nitrogens with one attached hydrogen (secondary N) is 2. The highest BCUT2D eigenvalue weighted by atomic mass is 19.1. The maximum absolute atomic E-state index is 13.9. The van der Waals surface area contributed by atoms with E-state index in [0.29, 0.717) is 18.8 Å². The van der Waals surface area contributed by atoms with Crippen LogP contribution in [0.1, 0.15) is 45.2 Å². The first-order valence-electron chi connectivity index (χ1n) is 13.0. The van der Waals surface area contributed by atoms with Gasteiger partial charge < -0.3 is 30.5 Å². The minimum atomic E-state index is -1.14. The number of halogens is 2. The maximum atomic E-state index is 13.9. The van der Waals surface area contributed by atoms with Crippen LogP contribution in [-0.2, 0) is 13.0 Å². The number of hydrogen-bond acceptors (Lipinski definition) is 6. The van der Waals surface area contributed by atoms with Gasteiger partial charge in [0, 0.05) is 38.3 Å². The van der Waals surface area contributed by atoms with Crippen molar-refractivity contribution in [3.05, 3.63) is 94.6 Å². The van der Waals surface area contributed by atoms with Crippen LogP contribution in [0.15, 0.2) is 60.7 Å². The summed E-state index contributed by atoms with van der Waals surface area (Å²) < 4.78 is 33.0. The van der Waals surface area contributed by atoms with Crippen molar-refractivity contribution in [1.82, 2.24) is 15.5 Å². The van der Waals surface area contributed by atoms with Gasteiger partial charge in [-0.1, -0.05) is 19.1 Å². The van der Waals surface area contributed by atoms with Gasteiger partial charge in [-0.2, -0.15) is 0 Å². The fourth-order valence-corrected chi connectivity index (χ4v) is 4.30. The SMILES string of the molecule is CCCN(C)C(=O)c1cc(C(=O)N[C@@H](Cc2cc(F)cc(F)c2)[C@H](O)CNCc2cccc(OC)c2)ccc1O. The van der Waals surface area contributed by atoms with E-state index in [-0.39, 0.29) is 35.4 Å². The first kappa shape index (κ1) is 30.5. The number of nitrogens with zero attached hydrogens (tertiary/aromatic N) is 1. The van der Waals surface area contributed by atoms with Gasteiger partial charge in [0.15, 0.2) is 0 Å². The molecule has 0 aliphatic heterocycles. The third-order valence-corrected chi connectivity index (χ3v) is 6.37. The molecule has 10 heteroatoms. The zero-order chi connectivity index (χ0) is 29.2. The molecule has 40 heavy (non-hydrogen) atoms. The molecule has 8 nitrogen and oxygen atoms in total. The van der Waals surface area contributed by atoms with Crippen molar-refractivity contribution < 1.29 is 33.3 Å². The molecule has 0 saturated heterocycles. The van der Waals surface area contributed by atoms with Gasteiger partial charge in [-0.3, -0.25) is 9.59 Å². The number of phenols is 1. The van der Waals surface area contributed by atoms with E-state index < -0.39 is 35.6 Å². The van der Waals surface area contributed by atoms with Crippen molar-refractivity contribution >= 4 is 11.8 Å². The number of ether oxygens (including phenoxy) is 1. The zero-order valence-corrected chi connectivity index (χ0v) is 22.8. The molecule has 0 saturated carbocycles. The van der Waals surface area contributed by atoms with Crippen molar-refractivity contribution in [2.45, 2.75) is 38.5 Å². The van der Waals surface area contributed by atoms with Crippen molar-refractivity contribution in [1.29, 1.82) is 0 Å². The number of methoxy groups -OCH3 is 1. The Balaban J connectivity index is 1.78. The Morgan fingerprint density at radius 1 is 1.02 bits per heavy atom. The van der Waals surface area contributed by atoms with Gasteiger partial charge in [0.25, 0.3) is 11.8 Å². The summed E-state index contributed by atoms with van der Waals surface area (Å²) in [7, 11) is 3.16. The monoisotopic (exact) mass is 555 g/mol. The molecule has 0 spiro atoms. The Bertz CT molecular complexity index is 1300. The number of phenolic OH excluding ortho intramolecular Hbond substituents is 1. The number of aliphatic hydroxyl groups is 1. The summed E-state index contributed by atoms with van der Waals surface area (Å²) >= 11 is 0. The van der Waals surface area contributed by atoms with E-state index in [1.54, 1.807) is 14.2 Å². The van der Waals surface area contributed by atoms with Gasteiger partial charge >= 0.3 is 0 Å². The van der Waals surface area contributed by atoms with Crippen LogP contribution in [0.4, 0.5) is 8.78 Å². The Hall–Kier alpha value is -4.02. The minimum absolute atomic E-state index is 0.0344. The Kier molecular flexibility index (Phi) is 11.0. The van der Waals surface area contributed by atoms with E-state index in [9.17, 15) is 28.6 Å². The van der Waals surface area contributed by atoms with Crippen molar-refractivity contribution in [3.8, 4) is 11.5 Å². The fourth-order valence-electron chi connectivity index (χ4n) is 4.30. The highest BCUT2D eigenvalue weighted by molar-refractivity contribution is 6.01. The largest absolute Gasteiger partial charge is 0.507 e. The Labute approximate surface area is 232 Å². The number of carbonyl (C=O) groups is 2. The second-order valence-corrected chi connectivity index (χ2v) is 9.57. The lowest BCUT2D eigenvalue weighted by atomic mass is 9.99. The van der Waals surface area contributed by atoms with Gasteiger partial charge in [-0.15, -0.1) is 0 Å². The maximum Gasteiger partial charge on any atom is 0.257 e. The molecule has 3 aromatic carbocycles. The van der Waals surface area contributed by atoms with Crippen molar-refractivity contribution in [2.24, 2.45) is 0 Å². The summed E-state index contributed by atoms with van der Waals surface area (Å²) in [5, 5.41) is 27.1. The number of aliphatic hydroxyl groups excluding tert-OH is 1. The quantitative estimate of drug-likeness (QED) is 0.256. The second-order valence-electron chi connectivity index (χ2n) is 9.57. The number of benzene rings is 3. The summed E-state index contributed by atoms with van der Waals surface area (Å²) in [5.41, 5.74) is 1.21. The molecule has 0 aliphatic rings. The third-order valence-electron chi connectivity index (χ3n) is 6.37. The molecule has 3 aromatic rings. The predicted octanol–water partition coefficient (Wildman–Crippen LogP) is 3.65. The molecule has 3 rings (SSSR count). The molecule has 0 unspecified atom stereocenters. The predicted molar refractivity (Wildman–Crippen MR) is 147 cm³/mol. The van der Waals surface area contributed by atoms with Crippen LogP contribution in [0.25, 0.3) is 0 Å². The molecular formula is C30H35F2N3O5. The van der Waals surface area contributed by atoms with Gasteiger partial charge in [-0.25, -0.2) is 8.78 Å². The third kappa shape index (κ3) is 8.49. The zero-order valence-electron chi connectivity index (χ0n) is 22.8. The molecule has 2 amide bonds. The molecule has 0 radical (unpaired) electrons. The number of amides is 2. The van der Waals surface area contributed by atoms with E-state index in [4.69, 9.17) is 4.74 Å². The molecular weight excluding hydrogens is 520 g/mol. The van der Waals surface area contributed by atoms with E-state index in [2.05, 4.69) is 10.6 Å². The topological polar surface area (TPSA) is 111 Å². The van der Waals surface area contributed by atoms with E-state index >= 15 is 0 Å². The molecule has 0 fully saturated rings. The molecule has 0 aromatic heterocycles. The normalized spacial score (nSPS) is 12.4. The van der Waals surface area contributed by atoms with Crippen LogP contribution in [0.2, 0.25) is 0 Å². The average Bonchev–Trinajstić information content (AvgIpc) is 2.92. The van der Waals surface area contributed by atoms with Crippen LogP contribution in [0, 0.1) is 11.6 Å². The first-order chi connectivity index (χ1) is 19.1. The molecule has 2 atom stereocenters. The molecule has 4 N–H and O–H groups in total. The Morgan fingerprint density at radius 3 is 2.42 bits per heavy atom. The van der Waals surface area contributed by atoms with Crippen LogP contribution in [0.5, 0.6) is 11.5 Å². The molecule has 0 aliphatic carbocycles. The van der Waals surface area contributed by atoms with Crippen LogP contribution >= 0.6 is 0 Å². The smallest absolute Gasteiger partial charge is 0.257 e. The fraction of sp³-hybridized carbons (Fsp3) is 0.333. The van der Waals surface area contributed by atoms with E-state index in [0.717, 1.165) is 30.2 Å². The minimum Gasteiger partial charge on any atom is -0.507 e. The van der Waals surface area contributed by atoms with Crippen LogP contribution < -0.4 is 15.4 Å². The molecule has 214 valence electrons. The van der Waals surface area contributed by atoms with Crippen LogP contribution in [-0.4, -0.2) is 66.3 Å². The number of aromatic hydroxyl groups is 1. The lowest BCUT2D eigenvalue weighted by Gasteiger charge is -2.25.